The van der Waals surface area contributed by atoms with Crippen LogP contribution in [0.1, 0.15) is 0 Å². The van der Waals surface area contributed by atoms with E-state index in [4.69, 9.17) is 5.73 Å². The molecule has 4 N–H and O–H groups in total. The number of hydrogen-bond acceptors (Lipinski definition) is 4. The van der Waals surface area contributed by atoms with Gasteiger partial charge in [-0.05, 0) is 0 Å². The predicted octanol–water partition coefficient (Wildman–Crippen LogP) is -1.69. The van der Waals surface area contributed by atoms with E-state index in [1.54, 1.807) is 0 Å². The Morgan fingerprint density at radius 3 is 3.00 bits per heavy atom. The van der Waals surface area contributed by atoms with E-state index >= 15 is 0 Å². The van der Waals surface area contributed by atoms with Crippen molar-refractivity contribution >= 4 is 54.9 Å². The van der Waals surface area contributed by atoms with E-state index < -0.39 is 0 Å². The quantitative estimate of drug-likeness (QED) is 0.435. The van der Waals surface area contributed by atoms with Gasteiger partial charge in [0.15, 0.2) is 11.2 Å². The van der Waals surface area contributed by atoms with Crippen molar-refractivity contribution < 1.29 is 0 Å². The first kappa shape index (κ1) is 9.50. The minimum atomic E-state index is -0.325. The molecule has 2 aromatic heterocycles. The van der Waals surface area contributed by atoms with Gasteiger partial charge in [0.1, 0.15) is 0 Å². The average molecular weight is 193 g/mol. The second-order valence-electron chi connectivity index (χ2n) is 2.05. The van der Waals surface area contributed by atoms with Gasteiger partial charge in [0.05, 0.1) is 6.33 Å². The summed E-state index contributed by atoms with van der Waals surface area (Å²) < 4.78 is 0. The van der Waals surface area contributed by atoms with Crippen molar-refractivity contribution in [1.29, 1.82) is 0 Å². The fraction of sp³-hybridized carbons (Fsp3) is 0. The summed E-state index contributed by atoms with van der Waals surface area (Å²) in [4.78, 5) is 23.6. The number of anilines is 1. The SMILES string of the molecule is Nc1nc2[nH]cnc2c(=O)[nH]1.[CaH2]. The molecule has 0 radical (unpaired) electrons. The van der Waals surface area contributed by atoms with Crippen LogP contribution in [0.4, 0.5) is 5.95 Å². The number of fused-ring (bicyclic) bond motifs is 1. The first-order valence-electron chi connectivity index (χ1n) is 2.96. The molecule has 0 saturated heterocycles. The topological polar surface area (TPSA) is 100 Å². The zero-order chi connectivity index (χ0) is 7.84. The molecule has 0 bridgehead atoms. The number of rotatable bonds is 0. The number of H-pyrrole nitrogens is 2. The monoisotopic (exact) mass is 193 g/mol. The molecule has 60 valence electrons. The van der Waals surface area contributed by atoms with Crippen LogP contribution in [0.5, 0.6) is 0 Å². The number of nitrogens with two attached hydrogens (primary N) is 1. The fourth-order valence-corrected chi connectivity index (χ4v) is 0.863. The van der Waals surface area contributed by atoms with Crippen molar-refractivity contribution in [3.05, 3.63) is 16.7 Å². The van der Waals surface area contributed by atoms with Crippen molar-refractivity contribution in [2.45, 2.75) is 0 Å². The molecule has 0 aliphatic heterocycles. The third-order valence-corrected chi connectivity index (χ3v) is 1.31. The fourth-order valence-electron chi connectivity index (χ4n) is 0.863. The van der Waals surface area contributed by atoms with E-state index in [1.165, 1.54) is 6.33 Å². The molecule has 12 heavy (non-hydrogen) atoms. The number of nitrogens with one attached hydrogen (secondary N) is 2. The second-order valence-corrected chi connectivity index (χ2v) is 2.05. The normalized spacial score (nSPS) is 9.67. The van der Waals surface area contributed by atoms with Crippen LogP contribution in [0.2, 0.25) is 0 Å². The van der Waals surface area contributed by atoms with Crippen molar-refractivity contribution in [2.24, 2.45) is 0 Å². The standard InChI is InChI=1S/C5H5N5O.Ca.2H/c6-5-9-3-2(4(11)10-5)7-1-8-3;;;/h1H,(H4,6,7,8,9,10,11);;;. The Morgan fingerprint density at radius 1 is 1.50 bits per heavy atom. The van der Waals surface area contributed by atoms with Crippen molar-refractivity contribution in [2.75, 3.05) is 5.73 Å². The molecule has 0 spiro atoms. The number of nitrogens with zero attached hydrogens (tertiary/aromatic N) is 2. The van der Waals surface area contributed by atoms with Crippen molar-refractivity contribution in [3.8, 4) is 0 Å². The Kier molecular flexibility index (Phi) is 2.71. The Labute approximate surface area is 96.6 Å². The molecule has 0 saturated carbocycles. The van der Waals surface area contributed by atoms with Gasteiger partial charge in [-0.15, -0.1) is 0 Å². The summed E-state index contributed by atoms with van der Waals surface area (Å²) in [6.45, 7) is 0. The van der Waals surface area contributed by atoms with Gasteiger partial charge in [0.2, 0.25) is 5.95 Å². The van der Waals surface area contributed by atoms with Crippen molar-refractivity contribution in [3.63, 3.8) is 0 Å². The predicted molar refractivity (Wildman–Crippen MR) is 47.5 cm³/mol. The van der Waals surface area contributed by atoms with E-state index in [1.807, 2.05) is 0 Å². The summed E-state index contributed by atoms with van der Waals surface area (Å²) in [6, 6.07) is 0. The molecule has 0 atom stereocenters. The molecule has 0 aliphatic carbocycles. The van der Waals surface area contributed by atoms with Gasteiger partial charge in [-0.2, -0.15) is 4.98 Å². The first-order valence-corrected chi connectivity index (χ1v) is 2.96. The van der Waals surface area contributed by atoms with Crippen molar-refractivity contribution in [1.82, 2.24) is 19.9 Å². The molecule has 2 heterocycles. The van der Waals surface area contributed by atoms with Crippen LogP contribution >= 0.6 is 0 Å². The second kappa shape index (κ2) is 3.42. The Balaban J connectivity index is 0.000000720. The van der Waals surface area contributed by atoms with E-state index in [0.717, 1.165) is 0 Å². The molecule has 7 heteroatoms. The first-order chi connectivity index (χ1) is 5.27. The van der Waals surface area contributed by atoms with E-state index in [2.05, 4.69) is 19.9 Å². The molecule has 0 aromatic carbocycles. The molecule has 0 aliphatic rings. The maximum atomic E-state index is 11.0. The van der Waals surface area contributed by atoms with Crippen LogP contribution in [0.15, 0.2) is 11.1 Å². The van der Waals surface area contributed by atoms with Crippen LogP contribution in [0.3, 0.4) is 0 Å². The Hall–Kier alpha value is -0.590. The molecule has 2 aromatic rings. The summed E-state index contributed by atoms with van der Waals surface area (Å²) in [6.07, 6.45) is 1.40. The van der Waals surface area contributed by atoms with Gasteiger partial charge in [0, 0.05) is 0 Å². The molecule has 0 unspecified atom stereocenters. The van der Waals surface area contributed by atoms with Crippen LogP contribution in [0, 0.1) is 0 Å². The summed E-state index contributed by atoms with van der Waals surface area (Å²) in [7, 11) is 0. The summed E-state index contributed by atoms with van der Waals surface area (Å²) in [5, 5.41) is 0. The molecule has 0 amide bonds. The van der Waals surface area contributed by atoms with Gasteiger partial charge >= 0.3 is 37.7 Å². The average Bonchev–Trinajstić information content (AvgIpc) is 2.34. The summed E-state index contributed by atoms with van der Waals surface area (Å²) in [5.41, 5.74) is 5.63. The third-order valence-electron chi connectivity index (χ3n) is 1.31. The molecular formula is C5H7CaN5O. The summed E-state index contributed by atoms with van der Waals surface area (Å²) >= 11 is 0. The minimum absolute atomic E-state index is 0. The molecule has 2 rings (SSSR count). The van der Waals surface area contributed by atoms with E-state index in [-0.39, 0.29) is 54.8 Å². The van der Waals surface area contributed by atoms with Gasteiger partial charge in [0.25, 0.3) is 5.56 Å². The van der Waals surface area contributed by atoms with E-state index in [9.17, 15) is 4.79 Å². The van der Waals surface area contributed by atoms with Crippen LogP contribution in [0.25, 0.3) is 11.2 Å². The third kappa shape index (κ3) is 1.45. The number of hydrogen-bond donors (Lipinski definition) is 3. The molecular weight excluding hydrogens is 186 g/mol. The van der Waals surface area contributed by atoms with Crippen LogP contribution in [-0.2, 0) is 0 Å². The molecule has 6 nitrogen and oxygen atoms in total. The van der Waals surface area contributed by atoms with Gasteiger partial charge in [-0.1, -0.05) is 0 Å². The van der Waals surface area contributed by atoms with Crippen LogP contribution in [-0.4, -0.2) is 57.7 Å². The zero-order valence-corrected chi connectivity index (χ0v) is 5.46. The van der Waals surface area contributed by atoms with Gasteiger partial charge < -0.3 is 10.7 Å². The number of imidazole rings is 1. The van der Waals surface area contributed by atoms with E-state index in [0.29, 0.717) is 5.65 Å². The van der Waals surface area contributed by atoms with Crippen LogP contribution < -0.4 is 11.3 Å². The Bertz CT molecular complexity index is 446. The zero-order valence-electron chi connectivity index (χ0n) is 5.46. The molecule has 0 fully saturated rings. The summed E-state index contributed by atoms with van der Waals surface area (Å²) in [5.74, 6) is 0.0896. The number of nitrogen functional groups attached to an aromatic ring is 1. The number of aromatic nitrogens is 4. The maximum absolute atomic E-state index is 11.0. The van der Waals surface area contributed by atoms with Gasteiger partial charge in [-0.3, -0.25) is 9.78 Å². The van der Waals surface area contributed by atoms with Gasteiger partial charge in [-0.25, -0.2) is 4.98 Å². The Morgan fingerprint density at radius 2 is 2.25 bits per heavy atom. The number of aromatic amines is 2.